The van der Waals surface area contributed by atoms with Crippen LogP contribution in [-0.4, -0.2) is 58.6 Å². The van der Waals surface area contributed by atoms with Gasteiger partial charge in [0.1, 0.15) is 0 Å². The first-order valence-corrected chi connectivity index (χ1v) is 8.83. The molecule has 2 heterocycles. The van der Waals surface area contributed by atoms with E-state index in [4.69, 9.17) is 11.6 Å². The molecule has 1 aromatic heterocycles. The van der Waals surface area contributed by atoms with Crippen LogP contribution in [0.2, 0.25) is 5.02 Å². The summed E-state index contributed by atoms with van der Waals surface area (Å²) in [5.41, 5.74) is 2.30. The molecule has 132 valence electrons. The standard InChI is InChI=1S/C18H22ClN5O/c1-3-23-8-10-24(11-9-23)18(25)15-6-7-17(22-21-15)20-16-12-14(19)5-4-13(16)2/h4-7,12H,3,8-11H2,1-2H3,(H,20,22). The lowest BCUT2D eigenvalue weighted by Crippen LogP contribution is -2.48. The second-order valence-corrected chi connectivity index (χ2v) is 6.55. The van der Waals surface area contributed by atoms with Crippen LogP contribution in [0.25, 0.3) is 0 Å². The van der Waals surface area contributed by atoms with Crippen LogP contribution in [0.15, 0.2) is 30.3 Å². The second kappa shape index (κ2) is 7.80. The normalized spacial score (nSPS) is 15.2. The number of hydrogen-bond donors (Lipinski definition) is 1. The summed E-state index contributed by atoms with van der Waals surface area (Å²) in [5, 5.41) is 12.1. The first-order chi connectivity index (χ1) is 12.1. The van der Waals surface area contributed by atoms with E-state index in [1.807, 2.05) is 30.0 Å². The van der Waals surface area contributed by atoms with Crippen LogP contribution in [0.5, 0.6) is 0 Å². The van der Waals surface area contributed by atoms with E-state index in [1.54, 1.807) is 12.1 Å². The van der Waals surface area contributed by atoms with Crippen molar-refractivity contribution >= 4 is 29.0 Å². The van der Waals surface area contributed by atoms with Gasteiger partial charge in [-0.05, 0) is 43.3 Å². The van der Waals surface area contributed by atoms with Gasteiger partial charge in [-0.25, -0.2) is 0 Å². The summed E-state index contributed by atoms with van der Waals surface area (Å²) in [6, 6.07) is 9.09. The number of nitrogens with one attached hydrogen (secondary N) is 1. The zero-order chi connectivity index (χ0) is 17.8. The maximum absolute atomic E-state index is 12.5. The Morgan fingerprint density at radius 2 is 1.92 bits per heavy atom. The molecule has 0 spiro atoms. The summed E-state index contributed by atoms with van der Waals surface area (Å²) < 4.78 is 0. The molecule has 0 radical (unpaired) electrons. The highest BCUT2D eigenvalue weighted by Crippen LogP contribution is 2.23. The van der Waals surface area contributed by atoms with Gasteiger partial charge >= 0.3 is 0 Å². The quantitative estimate of drug-likeness (QED) is 0.909. The first-order valence-electron chi connectivity index (χ1n) is 8.45. The number of aromatic nitrogens is 2. The summed E-state index contributed by atoms with van der Waals surface area (Å²) in [5.74, 6) is 0.520. The number of rotatable bonds is 4. The van der Waals surface area contributed by atoms with Gasteiger partial charge in [0, 0.05) is 36.9 Å². The van der Waals surface area contributed by atoms with E-state index in [9.17, 15) is 4.79 Å². The fourth-order valence-corrected chi connectivity index (χ4v) is 2.98. The van der Waals surface area contributed by atoms with E-state index in [0.717, 1.165) is 44.0 Å². The smallest absolute Gasteiger partial charge is 0.274 e. The fraction of sp³-hybridized carbons (Fsp3) is 0.389. The molecule has 0 unspecified atom stereocenters. The van der Waals surface area contributed by atoms with E-state index in [-0.39, 0.29) is 5.91 Å². The molecule has 2 aromatic rings. The van der Waals surface area contributed by atoms with Crippen molar-refractivity contribution in [3.8, 4) is 0 Å². The molecule has 1 amide bonds. The predicted molar refractivity (Wildman–Crippen MR) is 99.5 cm³/mol. The number of carbonyl (C=O) groups is 1. The molecule has 6 nitrogen and oxygen atoms in total. The summed E-state index contributed by atoms with van der Waals surface area (Å²) in [6.45, 7) is 8.42. The van der Waals surface area contributed by atoms with Gasteiger partial charge < -0.3 is 15.1 Å². The van der Waals surface area contributed by atoms with Crippen molar-refractivity contribution in [3.63, 3.8) is 0 Å². The fourth-order valence-electron chi connectivity index (χ4n) is 2.81. The number of amides is 1. The maximum atomic E-state index is 12.5. The van der Waals surface area contributed by atoms with Crippen LogP contribution in [-0.2, 0) is 0 Å². The highest BCUT2D eigenvalue weighted by molar-refractivity contribution is 6.30. The molecule has 1 aliphatic heterocycles. The van der Waals surface area contributed by atoms with E-state index >= 15 is 0 Å². The molecule has 25 heavy (non-hydrogen) atoms. The van der Waals surface area contributed by atoms with Crippen LogP contribution in [0.3, 0.4) is 0 Å². The molecule has 1 saturated heterocycles. The van der Waals surface area contributed by atoms with Crippen molar-refractivity contribution in [1.29, 1.82) is 0 Å². The summed E-state index contributed by atoms with van der Waals surface area (Å²) in [7, 11) is 0. The van der Waals surface area contributed by atoms with Crippen LogP contribution >= 0.6 is 11.6 Å². The minimum absolute atomic E-state index is 0.0614. The number of anilines is 2. The van der Waals surface area contributed by atoms with Gasteiger partial charge in [-0.2, -0.15) is 0 Å². The SMILES string of the molecule is CCN1CCN(C(=O)c2ccc(Nc3cc(Cl)ccc3C)nn2)CC1. The number of halogens is 1. The Kier molecular flexibility index (Phi) is 5.50. The zero-order valence-corrected chi connectivity index (χ0v) is 15.3. The number of benzene rings is 1. The zero-order valence-electron chi connectivity index (χ0n) is 14.5. The Bertz CT molecular complexity index is 742. The molecular formula is C18H22ClN5O. The Hall–Kier alpha value is -2.18. The lowest BCUT2D eigenvalue weighted by Gasteiger charge is -2.33. The van der Waals surface area contributed by atoms with E-state index < -0.39 is 0 Å². The van der Waals surface area contributed by atoms with Crippen molar-refractivity contribution in [2.24, 2.45) is 0 Å². The molecule has 0 bridgehead atoms. The Morgan fingerprint density at radius 1 is 1.16 bits per heavy atom. The largest absolute Gasteiger partial charge is 0.338 e. The van der Waals surface area contributed by atoms with Gasteiger partial charge in [0.2, 0.25) is 0 Å². The van der Waals surface area contributed by atoms with Crippen LogP contribution in [0.1, 0.15) is 23.0 Å². The number of hydrogen-bond acceptors (Lipinski definition) is 5. The van der Waals surface area contributed by atoms with Crippen molar-refractivity contribution < 1.29 is 4.79 Å². The molecule has 3 rings (SSSR count). The molecule has 7 heteroatoms. The highest BCUT2D eigenvalue weighted by Gasteiger charge is 2.22. The van der Waals surface area contributed by atoms with Crippen molar-refractivity contribution in [1.82, 2.24) is 20.0 Å². The molecular weight excluding hydrogens is 338 g/mol. The minimum atomic E-state index is -0.0614. The van der Waals surface area contributed by atoms with Gasteiger partial charge in [0.15, 0.2) is 11.5 Å². The Labute approximate surface area is 152 Å². The second-order valence-electron chi connectivity index (χ2n) is 6.11. The first kappa shape index (κ1) is 17.6. The number of nitrogens with zero attached hydrogens (tertiary/aromatic N) is 4. The number of aryl methyl sites for hydroxylation is 1. The molecule has 1 aromatic carbocycles. The van der Waals surface area contributed by atoms with Crippen molar-refractivity contribution in [2.45, 2.75) is 13.8 Å². The van der Waals surface area contributed by atoms with Crippen molar-refractivity contribution in [3.05, 3.63) is 46.6 Å². The van der Waals surface area contributed by atoms with Gasteiger partial charge in [-0.15, -0.1) is 10.2 Å². The van der Waals surface area contributed by atoms with Crippen molar-refractivity contribution in [2.75, 3.05) is 38.0 Å². The monoisotopic (exact) mass is 359 g/mol. The average molecular weight is 360 g/mol. The van der Waals surface area contributed by atoms with E-state index in [2.05, 4.69) is 27.3 Å². The lowest BCUT2D eigenvalue weighted by molar-refractivity contribution is 0.0636. The third-order valence-electron chi connectivity index (χ3n) is 4.45. The van der Waals surface area contributed by atoms with E-state index in [1.165, 1.54) is 0 Å². The lowest BCUT2D eigenvalue weighted by atomic mass is 10.2. The summed E-state index contributed by atoms with van der Waals surface area (Å²) in [4.78, 5) is 16.7. The topological polar surface area (TPSA) is 61.4 Å². The minimum Gasteiger partial charge on any atom is -0.338 e. The summed E-state index contributed by atoms with van der Waals surface area (Å²) in [6.07, 6.45) is 0. The predicted octanol–water partition coefficient (Wildman–Crippen LogP) is 2.96. The Morgan fingerprint density at radius 3 is 2.56 bits per heavy atom. The third-order valence-corrected chi connectivity index (χ3v) is 4.69. The molecule has 1 fully saturated rings. The molecule has 0 saturated carbocycles. The van der Waals surface area contributed by atoms with Crippen LogP contribution in [0.4, 0.5) is 11.5 Å². The molecule has 1 aliphatic rings. The summed E-state index contributed by atoms with van der Waals surface area (Å²) >= 11 is 6.03. The maximum Gasteiger partial charge on any atom is 0.274 e. The molecule has 1 N–H and O–H groups in total. The Balaban J connectivity index is 1.66. The number of piperazine rings is 1. The third kappa shape index (κ3) is 4.27. The highest BCUT2D eigenvalue weighted by atomic mass is 35.5. The molecule has 0 aliphatic carbocycles. The van der Waals surface area contributed by atoms with Gasteiger partial charge in [0.25, 0.3) is 5.91 Å². The van der Waals surface area contributed by atoms with Crippen LogP contribution < -0.4 is 5.32 Å². The van der Waals surface area contributed by atoms with Crippen LogP contribution in [0, 0.1) is 6.92 Å². The number of likely N-dealkylation sites (N-methyl/N-ethyl adjacent to an activating group) is 1. The average Bonchev–Trinajstić information content (AvgIpc) is 2.65. The molecule has 0 atom stereocenters. The van der Waals surface area contributed by atoms with E-state index in [0.29, 0.717) is 16.5 Å². The van der Waals surface area contributed by atoms with Gasteiger partial charge in [0.05, 0.1) is 0 Å². The van der Waals surface area contributed by atoms with Gasteiger partial charge in [-0.1, -0.05) is 24.6 Å². The number of carbonyl (C=O) groups excluding carboxylic acids is 1. The van der Waals surface area contributed by atoms with Gasteiger partial charge in [-0.3, -0.25) is 4.79 Å².